The summed E-state index contributed by atoms with van der Waals surface area (Å²) in [5, 5.41) is 0. The second-order valence-electron chi connectivity index (χ2n) is 5.33. The molecule has 5 heteroatoms. The predicted octanol–water partition coefficient (Wildman–Crippen LogP) is 2.13. The molecule has 112 valence electrons. The van der Waals surface area contributed by atoms with Gasteiger partial charge >= 0.3 is 0 Å². The second kappa shape index (κ2) is 7.62. The van der Waals surface area contributed by atoms with Gasteiger partial charge in [0.25, 0.3) is 0 Å². The summed E-state index contributed by atoms with van der Waals surface area (Å²) in [7, 11) is 0. The molecule has 1 heterocycles. The van der Waals surface area contributed by atoms with Gasteiger partial charge in [-0.1, -0.05) is 30.3 Å². The molecule has 1 aromatic rings. The number of carbonyl (C=O) groups excluding carboxylic acids is 1. The topological polar surface area (TPSA) is 55.6 Å². The molecule has 1 aliphatic rings. The Bertz CT molecular complexity index is 425. The normalized spacial score (nSPS) is 23.9. The van der Waals surface area contributed by atoms with E-state index in [1.807, 2.05) is 49.1 Å². The molecule has 0 bridgehead atoms. The summed E-state index contributed by atoms with van der Waals surface area (Å²) in [6, 6.07) is 9.95. The van der Waals surface area contributed by atoms with Crippen molar-refractivity contribution in [3.05, 3.63) is 35.9 Å². The number of morpholine rings is 1. The lowest BCUT2D eigenvalue weighted by atomic mass is 10.1. The SMILES string of the molecule is CC(N)CC(=O)N1CC(C)OC(c2ccccc2)C1.Cl. The van der Waals surface area contributed by atoms with Crippen molar-refractivity contribution in [2.75, 3.05) is 13.1 Å². The molecule has 2 N–H and O–H groups in total. The zero-order chi connectivity index (χ0) is 13.8. The number of hydrogen-bond acceptors (Lipinski definition) is 3. The van der Waals surface area contributed by atoms with Gasteiger partial charge < -0.3 is 15.4 Å². The van der Waals surface area contributed by atoms with E-state index in [1.165, 1.54) is 0 Å². The van der Waals surface area contributed by atoms with Crippen molar-refractivity contribution < 1.29 is 9.53 Å². The van der Waals surface area contributed by atoms with Crippen LogP contribution in [0.2, 0.25) is 0 Å². The quantitative estimate of drug-likeness (QED) is 0.930. The number of nitrogens with zero attached hydrogens (tertiary/aromatic N) is 1. The van der Waals surface area contributed by atoms with Crippen molar-refractivity contribution in [2.45, 2.75) is 38.5 Å². The van der Waals surface area contributed by atoms with Gasteiger partial charge in [0.1, 0.15) is 6.10 Å². The average Bonchev–Trinajstić information content (AvgIpc) is 2.38. The summed E-state index contributed by atoms with van der Waals surface area (Å²) in [6.07, 6.45) is 0.409. The number of amides is 1. The summed E-state index contributed by atoms with van der Waals surface area (Å²) >= 11 is 0. The second-order valence-corrected chi connectivity index (χ2v) is 5.33. The molecule has 3 unspecified atom stereocenters. The van der Waals surface area contributed by atoms with Gasteiger partial charge in [0.05, 0.1) is 12.6 Å². The van der Waals surface area contributed by atoms with E-state index in [2.05, 4.69) is 0 Å². The van der Waals surface area contributed by atoms with Crippen LogP contribution in [0.5, 0.6) is 0 Å². The monoisotopic (exact) mass is 298 g/mol. The van der Waals surface area contributed by atoms with E-state index in [9.17, 15) is 4.79 Å². The van der Waals surface area contributed by atoms with Crippen molar-refractivity contribution >= 4 is 18.3 Å². The highest BCUT2D eigenvalue weighted by molar-refractivity contribution is 5.85. The predicted molar refractivity (Wildman–Crippen MR) is 81.8 cm³/mol. The Morgan fingerprint density at radius 2 is 2.05 bits per heavy atom. The van der Waals surface area contributed by atoms with Gasteiger partial charge in [-0.2, -0.15) is 0 Å². The van der Waals surface area contributed by atoms with Crippen LogP contribution in [0.3, 0.4) is 0 Å². The molecule has 4 nitrogen and oxygen atoms in total. The summed E-state index contributed by atoms with van der Waals surface area (Å²) in [5.74, 6) is 0.117. The first-order valence-corrected chi connectivity index (χ1v) is 6.80. The molecule has 0 spiro atoms. The number of hydrogen-bond donors (Lipinski definition) is 1. The van der Waals surface area contributed by atoms with Crippen molar-refractivity contribution in [1.29, 1.82) is 0 Å². The molecule has 0 aliphatic carbocycles. The lowest BCUT2D eigenvalue weighted by Gasteiger charge is -2.37. The number of carbonyl (C=O) groups is 1. The Labute approximate surface area is 126 Å². The first-order chi connectivity index (χ1) is 9.06. The third-order valence-corrected chi connectivity index (χ3v) is 3.28. The van der Waals surface area contributed by atoms with Crippen LogP contribution in [0, 0.1) is 0 Å². The van der Waals surface area contributed by atoms with Gasteiger partial charge in [0, 0.05) is 19.0 Å². The van der Waals surface area contributed by atoms with Gasteiger partial charge in [-0.3, -0.25) is 4.79 Å². The highest BCUT2D eigenvalue weighted by atomic mass is 35.5. The standard InChI is InChI=1S/C15H22N2O2.ClH/c1-11(16)8-15(18)17-9-12(2)19-14(10-17)13-6-4-3-5-7-13;/h3-7,11-12,14H,8-10,16H2,1-2H3;1H. The highest BCUT2D eigenvalue weighted by Gasteiger charge is 2.29. The minimum Gasteiger partial charge on any atom is -0.367 e. The maximum absolute atomic E-state index is 12.1. The summed E-state index contributed by atoms with van der Waals surface area (Å²) in [4.78, 5) is 14.0. The Morgan fingerprint density at radius 1 is 1.40 bits per heavy atom. The van der Waals surface area contributed by atoms with Crippen LogP contribution in [-0.2, 0) is 9.53 Å². The molecule has 1 amide bonds. The van der Waals surface area contributed by atoms with Gasteiger partial charge in [-0.15, -0.1) is 12.4 Å². The molecule has 3 atom stereocenters. The van der Waals surface area contributed by atoms with Crippen LogP contribution >= 0.6 is 12.4 Å². The molecule has 0 saturated carbocycles. The van der Waals surface area contributed by atoms with Crippen LogP contribution in [0.1, 0.15) is 31.9 Å². The van der Waals surface area contributed by atoms with E-state index in [0.717, 1.165) is 5.56 Å². The fourth-order valence-corrected chi connectivity index (χ4v) is 2.41. The van der Waals surface area contributed by atoms with Crippen molar-refractivity contribution in [1.82, 2.24) is 4.90 Å². The van der Waals surface area contributed by atoms with Gasteiger partial charge in [0.15, 0.2) is 0 Å². The average molecular weight is 299 g/mol. The molecule has 1 aliphatic heterocycles. The van der Waals surface area contributed by atoms with Crippen LogP contribution in [-0.4, -0.2) is 36.0 Å². The van der Waals surface area contributed by atoms with Crippen LogP contribution < -0.4 is 5.73 Å². The molecule has 1 saturated heterocycles. The molecule has 0 radical (unpaired) electrons. The lowest BCUT2D eigenvalue weighted by Crippen LogP contribution is -2.47. The molecule has 1 fully saturated rings. The van der Waals surface area contributed by atoms with Gasteiger partial charge in [-0.05, 0) is 19.4 Å². The largest absolute Gasteiger partial charge is 0.367 e. The molecule has 1 aromatic carbocycles. The minimum absolute atomic E-state index is 0. The van der Waals surface area contributed by atoms with E-state index in [4.69, 9.17) is 10.5 Å². The summed E-state index contributed by atoms with van der Waals surface area (Å²) < 4.78 is 5.93. The Hall–Kier alpha value is -1.10. The van der Waals surface area contributed by atoms with E-state index in [1.54, 1.807) is 0 Å². The molecule has 2 rings (SSSR count). The van der Waals surface area contributed by atoms with E-state index in [0.29, 0.717) is 19.5 Å². The van der Waals surface area contributed by atoms with Crippen molar-refractivity contribution in [2.24, 2.45) is 5.73 Å². The van der Waals surface area contributed by atoms with E-state index in [-0.39, 0.29) is 36.6 Å². The van der Waals surface area contributed by atoms with Crippen LogP contribution in [0.15, 0.2) is 30.3 Å². The van der Waals surface area contributed by atoms with Crippen molar-refractivity contribution in [3.8, 4) is 0 Å². The fraction of sp³-hybridized carbons (Fsp3) is 0.533. The first kappa shape index (κ1) is 17.0. The molecule has 20 heavy (non-hydrogen) atoms. The van der Waals surface area contributed by atoms with Gasteiger partial charge in [-0.25, -0.2) is 0 Å². The zero-order valence-corrected chi connectivity index (χ0v) is 12.8. The third kappa shape index (κ3) is 4.47. The first-order valence-electron chi connectivity index (χ1n) is 6.80. The molecule has 0 aromatic heterocycles. The van der Waals surface area contributed by atoms with E-state index >= 15 is 0 Å². The Kier molecular flexibility index (Phi) is 6.46. The van der Waals surface area contributed by atoms with Crippen LogP contribution in [0.25, 0.3) is 0 Å². The fourth-order valence-electron chi connectivity index (χ4n) is 2.41. The van der Waals surface area contributed by atoms with E-state index < -0.39 is 0 Å². The highest BCUT2D eigenvalue weighted by Crippen LogP contribution is 2.25. The number of ether oxygens (including phenoxy) is 1. The Balaban J connectivity index is 0.00000200. The smallest absolute Gasteiger partial charge is 0.224 e. The molecular formula is C15H23ClN2O2. The van der Waals surface area contributed by atoms with Crippen molar-refractivity contribution in [3.63, 3.8) is 0 Å². The lowest BCUT2D eigenvalue weighted by molar-refractivity contribution is -0.145. The zero-order valence-electron chi connectivity index (χ0n) is 12.0. The number of benzene rings is 1. The minimum atomic E-state index is -0.0965. The van der Waals surface area contributed by atoms with Gasteiger partial charge in [0.2, 0.25) is 5.91 Å². The Morgan fingerprint density at radius 3 is 2.65 bits per heavy atom. The number of halogens is 1. The number of rotatable bonds is 3. The molecular weight excluding hydrogens is 276 g/mol. The third-order valence-electron chi connectivity index (χ3n) is 3.28. The summed E-state index contributed by atoms with van der Waals surface area (Å²) in [5.41, 5.74) is 6.82. The maximum Gasteiger partial charge on any atom is 0.224 e. The number of nitrogens with two attached hydrogens (primary N) is 1. The summed E-state index contributed by atoms with van der Waals surface area (Å²) in [6.45, 7) is 5.12. The van der Waals surface area contributed by atoms with Crippen LogP contribution in [0.4, 0.5) is 0 Å². The maximum atomic E-state index is 12.1.